The Balaban J connectivity index is 1.47. The van der Waals surface area contributed by atoms with Gasteiger partial charge in [0.2, 0.25) is 6.79 Å². The highest BCUT2D eigenvalue weighted by atomic mass is 16.7. The van der Waals surface area contributed by atoms with Gasteiger partial charge in [-0.05, 0) is 35.6 Å². The summed E-state index contributed by atoms with van der Waals surface area (Å²) in [4.78, 5) is 15.3. The molecule has 0 N–H and O–H groups in total. The number of hydrogen-bond donors (Lipinski definition) is 0. The first-order chi connectivity index (χ1) is 15.3. The number of nitrogens with zero attached hydrogens (tertiary/aromatic N) is 1. The summed E-state index contributed by atoms with van der Waals surface area (Å²) in [6, 6.07) is 24.4. The van der Waals surface area contributed by atoms with Gasteiger partial charge in [0.15, 0.2) is 11.5 Å². The van der Waals surface area contributed by atoms with Gasteiger partial charge in [-0.3, -0.25) is 4.79 Å². The van der Waals surface area contributed by atoms with Crippen LogP contribution < -0.4 is 9.47 Å². The zero-order chi connectivity index (χ0) is 21.0. The standard InChI is InChI=1S/C26H25NO4/c28-26(24-14-7-15-29-24)27(17-21-11-6-13-23-25(21)31-18-30-23)16-20-10-4-5-12-22(20)19-8-2-1-3-9-19/h1-6,8-13,24H,7,14-18H2/t24-/m0/s1. The highest BCUT2D eigenvalue weighted by molar-refractivity contribution is 5.81. The molecule has 0 aromatic heterocycles. The maximum absolute atomic E-state index is 13.4. The van der Waals surface area contributed by atoms with Crippen LogP contribution in [-0.2, 0) is 22.6 Å². The Kier molecular flexibility index (Phi) is 5.59. The van der Waals surface area contributed by atoms with E-state index in [4.69, 9.17) is 14.2 Å². The van der Waals surface area contributed by atoms with Crippen molar-refractivity contribution in [3.05, 3.63) is 83.9 Å². The third kappa shape index (κ3) is 4.14. The van der Waals surface area contributed by atoms with Crippen LogP contribution in [0.4, 0.5) is 0 Å². The van der Waals surface area contributed by atoms with Crippen LogP contribution in [0.25, 0.3) is 11.1 Å². The van der Waals surface area contributed by atoms with Crippen molar-refractivity contribution in [1.82, 2.24) is 4.90 Å². The largest absolute Gasteiger partial charge is 0.454 e. The van der Waals surface area contributed by atoms with Crippen molar-refractivity contribution in [2.24, 2.45) is 0 Å². The molecule has 5 rings (SSSR count). The maximum Gasteiger partial charge on any atom is 0.252 e. The van der Waals surface area contributed by atoms with E-state index in [0.29, 0.717) is 19.7 Å². The molecule has 2 heterocycles. The van der Waals surface area contributed by atoms with Crippen molar-refractivity contribution < 1.29 is 19.0 Å². The zero-order valence-electron chi connectivity index (χ0n) is 17.3. The summed E-state index contributed by atoms with van der Waals surface area (Å²) in [6.45, 7) is 1.79. The van der Waals surface area contributed by atoms with E-state index < -0.39 is 0 Å². The average Bonchev–Trinajstić information content (AvgIpc) is 3.52. The summed E-state index contributed by atoms with van der Waals surface area (Å²) in [5, 5.41) is 0. The fourth-order valence-electron chi connectivity index (χ4n) is 4.27. The first-order valence-corrected chi connectivity index (χ1v) is 10.7. The smallest absolute Gasteiger partial charge is 0.252 e. The van der Waals surface area contributed by atoms with E-state index in [1.807, 2.05) is 53.4 Å². The number of amides is 1. The van der Waals surface area contributed by atoms with Crippen molar-refractivity contribution in [3.63, 3.8) is 0 Å². The quantitative estimate of drug-likeness (QED) is 0.581. The average molecular weight is 415 g/mol. The molecule has 2 aliphatic heterocycles. The van der Waals surface area contributed by atoms with Gasteiger partial charge >= 0.3 is 0 Å². The molecule has 0 spiro atoms. The molecule has 0 saturated carbocycles. The Labute approximate surface area is 182 Å². The zero-order valence-corrected chi connectivity index (χ0v) is 17.3. The van der Waals surface area contributed by atoms with E-state index >= 15 is 0 Å². The number of carbonyl (C=O) groups is 1. The number of para-hydroxylation sites is 1. The Morgan fingerprint density at radius 1 is 0.871 bits per heavy atom. The summed E-state index contributed by atoms with van der Waals surface area (Å²) in [7, 11) is 0. The first-order valence-electron chi connectivity index (χ1n) is 10.7. The molecule has 3 aromatic carbocycles. The Bertz CT molecular complexity index is 1060. The molecule has 1 fully saturated rings. The number of fused-ring (bicyclic) bond motifs is 1. The van der Waals surface area contributed by atoms with Crippen LogP contribution in [0.15, 0.2) is 72.8 Å². The minimum Gasteiger partial charge on any atom is -0.454 e. The van der Waals surface area contributed by atoms with Gasteiger partial charge in [0.25, 0.3) is 5.91 Å². The first kappa shape index (κ1) is 19.6. The number of benzene rings is 3. The van der Waals surface area contributed by atoms with Gasteiger partial charge in [-0.15, -0.1) is 0 Å². The molecule has 1 amide bonds. The highest BCUT2D eigenvalue weighted by Gasteiger charge is 2.30. The molecule has 3 aromatic rings. The highest BCUT2D eigenvalue weighted by Crippen LogP contribution is 2.36. The lowest BCUT2D eigenvalue weighted by Crippen LogP contribution is -2.38. The van der Waals surface area contributed by atoms with Crippen LogP contribution in [-0.4, -0.2) is 30.3 Å². The fourth-order valence-corrected chi connectivity index (χ4v) is 4.27. The van der Waals surface area contributed by atoms with Gasteiger partial charge in [-0.2, -0.15) is 0 Å². The molecule has 0 aliphatic carbocycles. The molecule has 5 heteroatoms. The van der Waals surface area contributed by atoms with Gasteiger partial charge in [-0.25, -0.2) is 0 Å². The second-order valence-electron chi connectivity index (χ2n) is 7.87. The summed E-state index contributed by atoms with van der Waals surface area (Å²) in [6.07, 6.45) is 1.31. The Hall–Kier alpha value is -3.31. The topological polar surface area (TPSA) is 48.0 Å². The molecule has 5 nitrogen and oxygen atoms in total. The minimum atomic E-state index is -0.377. The second-order valence-corrected chi connectivity index (χ2v) is 7.87. The van der Waals surface area contributed by atoms with Gasteiger partial charge in [-0.1, -0.05) is 66.7 Å². The summed E-state index contributed by atoms with van der Waals surface area (Å²) in [5.41, 5.74) is 4.31. The Morgan fingerprint density at radius 3 is 2.48 bits per heavy atom. The predicted molar refractivity (Wildman–Crippen MR) is 118 cm³/mol. The van der Waals surface area contributed by atoms with Crippen LogP contribution >= 0.6 is 0 Å². The van der Waals surface area contributed by atoms with Crippen LogP contribution in [0.3, 0.4) is 0 Å². The SMILES string of the molecule is O=C([C@@H]1CCCO1)N(Cc1ccccc1-c1ccccc1)Cc1cccc2c1OCO2. The molecule has 0 bridgehead atoms. The molecule has 158 valence electrons. The summed E-state index contributed by atoms with van der Waals surface area (Å²) in [5.74, 6) is 1.48. The van der Waals surface area contributed by atoms with Crippen LogP contribution in [0.1, 0.15) is 24.0 Å². The monoisotopic (exact) mass is 415 g/mol. The van der Waals surface area contributed by atoms with Gasteiger partial charge in [0, 0.05) is 25.3 Å². The number of carbonyl (C=O) groups excluding carboxylic acids is 1. The van der Waals surface area contributed by atoms with Crippen LogP contribution in [0.5, 0.6) is 11.5 Å². The third-order valence-corrected chi connectivity index (χ3v) is 5.82. The third-order valence-electron chi connectivity index (χ3n) is 5.82. The maximum atomic E-state index is 13.4. The molecular formula is C26H25NO4. The van der Waals surface area contributed by atoms with Crippen molar-refractivity contribution in [2.75, 3.05) is 13.4 Å². The van der Waals surface area contributed by atoms with Crippen molar-refractivity contribution in [3.8, 4) is 22.6 Å². The van der Waals surface area contributed by atoms with Gasteiger partial charge < -0.3 is 19.1 Å². The van der Waals surface area contributed by atoms with E-state index in [2.05, 4.69) is 24.3 Å². The molecule has 0 radical (unpaired) electrons. The number of rotatable bonds is 6. The molecule has 2 aliphatic rings. The number of ether oxygens (including phenoxy) is 3. The number of hydrogen-bond acceptors (Lipinski definition) is 4. The molecule has 0 unspecified atom stereocenters. The van der Waals surface area contributed by atoms with Crippen molar-refractivity contribution in [1.29, 1.82) is 0 Å². The van der Waals surface area contributed by atoms with Crippen molar-refractivity contribution >= 4 is 5.91 Å². The lowest BCUT2D eigenvalue weighted by atomic mass is 9.99. The van der Waals surface area contributed by atoms with Crippen LogP contribution in [0.2, 0.25) is 0 Å². The molecular weight excluding hydrogens is 390 g/mol. The van der Waals surface area contributed by atoms with Crippen LogP contribution in [0, 0.1) is 0 Å². The van der Waals surface area contributed by atoms with E-state index in [1.165, 1.54) is 0 Å². The van der Waals surface area contributed by atoms with E-state index in [0.717, 1.165) is 46.6 Å². The molecule has 1 saturated heterocycles. The second kappa shape index (κ2) is 8.82. The van der Waals surface area contributed by atoms with E-state index in [9.17, 15) is 4.79 Å². The van der Waals surface area contributed by atoms with E-state index in [-0.39, 0.29) is 18.8 Å². The molecule has 1 atom stereocenters. The lowest BCUT2D eigenvalue weighted by molar-refractivity contribution is -0.142. The minimum absolute atomic E-state index is 0.0249. The normalized spacial score (nSPS) is 17.0. The molecule has 31 heavy (non-hydrogen) atoms. The summed E-state index contributed by atoms with van der Waals surface area (Å²) < 4.78 is 16.9. The van der Waals surface area contributed by atoms with Gasteiger partial charge in [0.05, 0.1) is 0 Å². The predicted octanol–water partition coefficient (Wildman–Crippen LogP) is 4.79. The summed E-state index contributed by atoms with van der Waals surface area (Å²) >= 11 is 0. The van der Waals surface area contributed by atoms with Gasteiger partial charge in [0.1, 0.15) is 6.10 Å². The van der Waals surface area contributed by atoms with E-state index in [1.54, 1.807) is 0 Å². The Morgan fingerprint density at radius 2 is 1.65 bits per heavy atom. The fraction of sp³-hybridized carbons (Fsp3) is 0.269. The lowest BCUT2D eigenvalue weighted by Gasteiger charge is -2.27. The van der Waals surface area contributed by atoms with Crippen molar-refractivity contribution in [2.45, 2.75) is 32.0 Å².